The van der Waals surface area contributed by atoms with Crippen LogP contribution < -0.4 is 5.32 Å². The number of hydrogen-bond acceptors (Lipinski definition) is 5. The van der Waals surface area contributed by atoms with Gasteiger partial charge in [0.15, 0.2) is 0 Å². The molecule has 0 radical (unpaired) electrons. The van der Waals surface area contributed by atoms with E-state index < -0.39 is 0 Å². The molecule has 1 aliphatic heterocycles. The molecule has 6 heteroatoms. The van der Waals surface area contributed by atoms with E-state index >= 15 is 0 Å². The maximum atomic E-state index is 6.19. The van der Waals surface area contributed by atoms with Crippen molar-refractivity contribution in [2.24, 2.45) is 0 Å². The van der Waals surface area contributed by atoms with Gasteiger partial charge in [0.05, 0.1) is 15.8 Å². The molecule has 0 spiro atoms. The topological polar surface area (TPSA) is 47.0 Å². The Balaban J connectivity index is 1.95. The lowest BCUT2D eigenvalue weighted by atomic mass is 9.92. The second-order valence-electron chi connectivity index (χ2n) is 4.97. The number of ether oxygens (including phenoxy) is 1. The minimum atomic E-state index is -0.112. The lowest BCUT2D eigenvalue weighted by Gasteiger charge is -2.36. The number of aromatic nitrogens is 2. The second kappa shape index (κ2) is 5.23. The largest absolute Gasteiger partial charge is 0.381 e. The van der Waals surface area contributed by atoms with Crippen LogP contribution in [0.25, 0.3) is 10.2 Å². The smallest absolute Gasteiger partial charge is 0.147 e. The summed E-state index contributed by atoms with van der Waals surface area (Å²) >= 11 is 7.86. The third kappa shape index (κ3) is 2.42. The first kappa shape index (κ1) is 13.1. The van der Waals surface area contributed by atoms with Crippen LogP contribution in [0.2, 0.25) is 0 Å². The molecule has 0 aromatic carbocycles. The van der Waals surface area contributed by atoms with Crippen molar-refractivity contribution in [3.8, 4) is 0 Å². The molecular formula is C13H16ClN3OS. The first-order valence-electron chi connectivity index (χ1n) is 6.35. The summed E-state index contributed by atoms with van der Waals surface area (Å²) in [6.07, 6.45) is 3.43. The quantitative estimate of drug-likeness (QED) is 0.884. The Hall–Kier alpha value is -0.910. The lowest BCUT2D eigenvalue weighted by Crippen LogP contribution is -2.45. The van der Waals surface area contributed by atoms with Crippen LogP contribution >= 0.6 is 22.9 Å². The summed E-state index contributed by atoms with van der Waals surface area (Å²) in [6, 6.07) is 0. The van der Waals surface area contributed by atoms with E-state index in [1.807, 2.05) is 0 Å². The van der Waals surface area contributed by atoms with Crippen LogP contribution in [0.1, 0.15) is 18.4 Å². The normalized spacial score (nSPS) is 18.6. The Labute approximate surface area is 121 Å². The molecule has 0 unspecified atom stereocenters. The van der Waals surface area contributed by atoms with Gasteiger partial charge in [-0.1, -0.05) is 0 Å². The highest BCUT2D eigenvalue weighted by molar-refractivity contribution is 7.18. The van der Waals surface area contributed by atoms with Gasteiger partial charge in [-0.3, -0.25) is 0 Å². The number of aryl methyl sites for hydroxylation is 1. The van der Waals surface area contributed by atoms with Crippen molar-refractivity contribution in [1.29, 1.82) is 0 Å². The molecule has 102 valence electrons. The van der Waals surface area contributed by atoms with E-state index in [-0.39, 0.29) is 5.54 Å². The standard InChI is InChI=1S/C13H16ClN3OS/c1-9-6-19-11-10(9)15-8-16-12(11)17-13(7-14)2-4-18-5-3-13/h6,8H,2-5,7H2,1H3,(H,15,16,17). The van der Waals surface area contributed by atoms with Gasteiger partial charge in [0, 0.05) is 19.1 Å². The predicted octanol–water partition coefficient (Wildman–Crippen LogP) is 3.20. The summed E-state index contributed by atoms with van der Waals surface area (Å²) in [7, 11) is 0. The summed E-state index contributed by atoms with van der Waals surface area (Å²) in [4.78, 5) is 8.74. The van der Waals surface area contributed by atoms with Crippen LogP contribution in [0.5, 0.6) is 0 Å². The Morgan fingerprint density at radius 3 is 2.95 bits per heavy atom. The van der Waals surface area contributed by atoms with E-state index in [2.05, 4.69) is 27.6 Å². The molecule has 1 fully saturated rings. The molecule has 3 heterocycles. The SMILES string of the molecule is Cc1csc2c(NC3(CCl)CCOCC3)ncnc12. The van der Waals surface area contributed by atoms with E-state index in [0.717, 1.165) is 42.1 Å². The van der Waals surface area contributed by atoms with Gasteiger partial charge in [0.25, 0.3) is 0 Å². The zero-order chi connectivity index (χ0) is 13.3. The molecule has 2 aromatic heterocycles. The molecule has 0 aliphatic carbocycles. The summed E-state index contributed by atoms with van der Waals surface area (Å²) in [5, 5.41) is 5.66. The molecule has 1 N–H and O–H groups in total. The fraction of sp³-hybridized carbons (Fsp3) is 0.538. The van der Waals surface area contributed by atoms with E-state index in [9.17, 15) is 0 Å². The van der Waals surface area contributed by atoms with Gasteiger partial charge in [-0.2, -0.15) is 0 Å². The molecule has 0 saturated carbocycles. The first-order valence-corrected chi connectivity index (χ1v) is 7.76. The fourth-order valence-corrected chi connectivity index (χ4v) is 3.64. The van der Waals surface area contributed by atoms with Gasteiger partial charge < -0.3 is 10.1 Å². The molecule has 1 saturated heterocycles. The van der Waals surface area contributed by atoms with Crippen molar-refractivity contribution in [1.82, 2.24) is 9.97 Å². The van der Waals surface area contributed by atoms with Crippen molar-refractivity contribution < 1.29 is 4.74 Å². The van der Waals surface area contributed by atoms with E-state index in [0.29, 0.717) is 5.88 Å². The number of nitrogens with one attached hydrogen (secondary N) is 1. The number of alkyl halides is 1. The zero-order valence-corrected chi connectivity index (χ0v) is 12.4. The van der Waals surface area contributed by atoms with Gasteiger partial charge in [-0.15, -0.1) is 22.9 Å². The number of hydrogen-bond donors (Lipinski definition) is 1. The summed E-state index contributed by atoms with van der Waals surface area (Å²) < 4.78 is 6.53. The molecular weight excluding hydrogens is 282 g/mol. The van der Waals surface area contributed by atoms with Crippen LogP contribution in [0, 0.1) is 6.92 Å². The summed E-state index contributed by atoms with van der Waals surface area (Å²) in [6.45, 7) is 3.57. The van der Waals surface area contributed by atoms with Crippen molar-refractivity contribution in [2.45, 2.75) is 25.3 Å². The number of thiophene rings is 1. The highest BCUT2D eigenvalue weighted by Crippen LogP contribution is 2.33. The molecule has 19 heavy (non-hydrogen) atoms. The maximum Gasteiger partial charge on any atom is 0.147 e. The summed E-state index contributed by atoms with van der Waals surface area (Å²) in [5.74, 6) is 1.46. The van der Waals surface area contributed by atoms with Crippen LogP contribution in [0.15, 0.2) is 11.7 Å². The lowest BCUT2D eigenvalue weighted by molar-refractivity contribution is 0.0667. The number of anilines is 1. The molecule has 4 nitrogen and oxygen atoms in total. The number of rotatable bonds is 3. The van der Waals surface area contributed by atoms with Crippen LogP contribution in [-0.4, -0.2) is 34.6 Å². The number of halogens is 1. The molecule has 2 aromatic rings. The van der Waals surface area contributed by atoms with Crippen molar-refractivity contribution in [2.75, 3.05) is 24.4 Å². The zero-order valence-electron chi connectivity index (χ0n) is 10.8. The average Bonchev–Trinajstić information content (AvgIpc) is 2.83. The minimum absolute atomic E-state index is 0.112. The van der Waals surface area contributed by atoms with E-state index in [1.165, 1.54) is 5.56 Å². The third-order valence-corrected chi connectivity index (χ3v) is 5.23. The summed E-state index contributed by atoms with van der Waals surface area (Å²) in [5.41, 5.74) is 2.11. The highest BCUT2D eigenvalue weighted by atomic mass is 35.5. The molecule has 0 atom stereocenters. The van der Waals surface area contributed by atoms with E-state index in [1.54, 1.807) is 17.7 Å². The molecule has 0 amide bonds. The van der Waals surface area contributed by atoms with Gasteiger partial charge >= 0.3 is 0 Å². The monoisotopic (exact) mass is 297 g/mol. The van der Waals surface area contributed by atoms with Gasteiger partial charge in [0.2, 0.25) is 0 Å². The van der Waals surface area contributed by atoms with Crippen molar-refractivity contribution >= 4 is 39.0 Å². The highest BCUT2D eigenvalue weighted by Gasteiger charge is 2.32. The third-order valence-electron chi connectivity index (χ3n) is 3.62. The van der Waals surface area contributed by atoms with Crippen LogP contribution in [0.3, 0.4) is 0 Å². The second-order valence-corrected chi connectivity index (χ2v) is 6.12. The molecule has 3 rings (SSSR count). The number of nitrogens with zero attached hydrogens (tertiary/aromatic N) is 2. The van der Waals surface area contributed by atoms with Crippen LogP contribution in [0.4, 0.5) is 5.82 Å². The predicted molar refractivity (Wildman–Crippen MR) is 79.3 cm³/mol. The average molecular weight is 298 g/mol. The van der Waals surface area contributed by atoms with Gasteiger partial charge in [-0.25, -0.2) is 9.97 Å². The molecule has 0 bridgehead atoms. The minimum Gasteiger partial charge on any atom is -0.381 e. The Morgan fingerprint density at radius 1 is 1.42 bits per heavy atom. The van der Waals surface area contributed by atoms with Gasteiger partial charge in [0.1, 0.15) is 12.1 Å². The van der Waals surface area contributed by atoms with Crippen molar-refractivity contribution in [3.05, 3.63) is 17.3 Å². The first-order chi connectivity index (χ1) is 9.24. The Morgan fingerprint density at radius 2 is 2.21 bits per heavy atom. The van der Waals surface area contributed by atoms with Crippen LogP contribution in [-0.2, 0) is 4.74 Å². The van der Waals surface area contributed by atoms with E-state index in [4.69, 9.17) is 16.3 Å². The Kier molecular flexibility index (Phi) is 3.60. The molecule has 1 aliphatic rings. The van der Waals surface area contributed by atoms with Gasteiger partial charge in [-0.05, 0) is 30.7 Å². The Bertz CT molecular complexity index is 580. The fourth-order valence-electron chi connectivity index (χ4n) is 2.36. The number of fused-ring (bicyclic) bond motifs is 1. The maximum absolute atomic E-state index is 6.19. The van der Waals surface area contributed by atoms with Crippen molar-refractivity contribution in [3.63, 3.8) is 0 Å².